The zero-order valence-electron chi connectivity index (χ0n) is 31.4. The Morgan fingerprint density at radius 2 is 1.61 bits per heavy atom. The summed E-state index contributed by atoms with van der Waals surface area (Å²) < 4.78 is 48.6. The average Bonchev–Trinajstić information content (AvgIpc) is 3.99. The van der Waals surface area contributed by atoms with E-state index in [2.05, 4.69) is 51.5 Å². The molecule has 0 saturated heterocycles. The van der Waals surface area contributed by atoms with Crippen molar-refractivity contribution in [1.82, 2.24) is 35.6 Å². The smallest absolute Gasteiger partial charge is 0.422 e. The summed E-state index contributed by atoms with van der Waals surface area (Å²) in [5.41, 5.74) is 2.49. The van der Waals surface area contributed by atoms with Crippen molar-refractivity contribution in [3.8, 4) is 17.3 Å². The number of benzene rings is 3. The first-order valence-electron chi connectivity index (χ1n) is 17.9. The van der Waals surface area contributed by atoms with Gasteiger partial charge in [-0.3, -0.25) is 14.4 Å². The van der Waals surface area contributed by atoms with Crippen molar-refractivity contribution >= 4 is 58.6 Å². The molecule has 6 rings (SSSR count). The molecule has 1 atom stereocenters. The Balaban J connectivity index is 1.05. The van der Waals surface area contributed by atoms with Gasteiger partial charge in [-0.15, -0.1) is 0 Å². The number of alkyl halides is 3. The number of carbonyl (C=O) groups is 4. The van der Waals surface area contributed by atoms with Crippen LogP contribution in [0.15, 0.2) is 85.1 Å². The number of halogens is 4. The highest BCUT2D eigenvalue weighted by Gasteiger charge is 2.45. The minimum absolute atomic E-state index is 0.0339. The third-order valence-electron chi connectivity index (χ3n) is 8.79. The van der Waals surface area contributed by atoms with Gasteiger partial charge in [-0.1, -0.05) is 35.9 Å². The second-order valence-corrected chi connectivity index (χ2v) is 13.6. The first kappa shape index (κ1) is 41.7. The van der Waals surface area contributed by atoms with E-state index in [1.807, 2.05) is 12.1 Å². The Morgan fingerprint density at radius 1 is 0.881 bits per heavy atom. The van der Waals surface area contributed by atoms with Crippen LogP contribution in [0.2, 0.25) is 5.02 Å². The first-order chi connectivity index (χ1) is 28.2. The normalized spacial score (nSPS) is 13.3. The molecule has 0 aliphatic heterocycles. The number of ether oxygens (including phenoxy) is 2. The summed E-state index contributed by atoms with van der Waals surface area (Å²) in [4.78, 5) is 71.7. The molecule has 5 N–H and O–H groups in total. The molecule has 306 valence electrons. The maximum Gasteiger partial charge on any atom is 0.422 e. The van der Waals surface area contributed by atoms with Crippen LogP contribution in [0.3, 0.4) is 0 Å². The van der Waals surface area contributed by atoms with Crippen LogP contribution in [-0.4, -0.2) is 81.1 Å². The van der Waals surface area contributed by atoms with Crippen LogP contribution >= 0.6 is 11.6 Å². The average molecular weight is 833 g/mol. The Hall–Kier alpha value is -6.89. The van der Waals surface area contributed by atoms with Gasteiger partial charge < -0.3 is 36.1 Å². The maximum atomic E-state index is 13.2. The fourth-order valence-corrected chi connectivity index (χ4v) is 5.84. The quantitative estimate of drug-likeness (QED) is 0.0653. The predicted octanol–water partition coefficient (Wildman–Crippen LogP) is 5.49. The van der Waals surface area contributed by atoms with Gasteiger partial charge >= 0.3 is 30.0 Å². The topological polar surface area (TPSA) is 211 Å². The molecule has 0 radical (unpaired) electrons. The van der Waals surface area contributed by atoms with E-state index in [1.54, 1.807) is 55.6 Å². The molecular weight excluding hydrogens is 797 g/mol. The molecule has 20 heteroatoms. The standard InChI is InChI=1S/C39H36ClF3N10O6/c1-22-44-18-14-29(46-22)24-4-3-5-28(20-24)47-33(56)32(55)45-19-15-30(34(57)58-2)49-31(54)23-6-12-27(13-7-23)48-35-50-36(52-37(51-35)59-21-39(41,42)43)53-38(16-17-38)25-8-10-26(40)11-9-25/h3-14,18,20,30H,15-17,19,21H2,1-2H3,(H,45,55)(H,47,56)(H,49,54)(H2,48,50,51,52,53)/t30-/m1/s1. The molecule has 3 aromatic carbocycles. The van der Waals surface area contributed by atoms with E-state index < -0.39 is 54.1 Å². The van der Waals surface area contributed by atoms with Crippen molar-refractivity contribution in [2.24, 2.45) is 0 Å². The number of amides is 3. The molecular formula is C39H36ClF3N10O6. The number of anilines is 4. The summed E-state index contributed by atoms with van der Waals surface area (Å²) in [5, 5.41) is 14.1. The number of hydrogen-bond donors (Lipinski definition) is 5. The molecule has 1 aliphatic carbocycles. The number of rotatable bonds is 15. The van der Waals surface area contributed by atoms with E-state index in [9.17, 15) is 32.3 Å². The summed E-state index contributed by atoms with van der Waals surface area (Å²) in [6.45, 7) is -0.0525. The molecule has 1 saturated carbocycles. The number of nitrogens with one attached hydrogen (secondary N) is 5. The summed E-state index contributed by atoms with van der Waals surface area (Å²) in [7, 11) is 1.13. The van der Waals surface area contributed by atoms with Crippen molar-refractivity contribution in [2.75, 3.05) is 36.2 Å². The van der Waals surface area contributed by atoms with Crippen LogP contribution in [0.4, 0.5) is 36.4 Å². The number of nitrogens with zero attached hydrogens (tertiary/aromatic N) is 5. The second kappa shape index (κ2) is 18.1. The third-order valence-corrected chi connectivity index (χ3v) is 9.04. The van der Waals surface area contributed by atoms with Crippen LogP contribution in [0.1, 0.15) is 41.0 Å². The van der Waals surface area contributed by atoms with Crippen LogP contribution in [0, 0.1) is 6.92 Å². The van der Waals surface area contributed by atoms with Gasteiger partial charge in [0.05, 0.1) is 18.3 Å². The molecule has 0 unspecified atom stereocenters. The highest BCUT2D eigenvalue weighted by molar-refractivity contribution is 6.39. The minimum Gasteiger partial charge on any atom is -0.467 e. The van der Waals surface area contributed by atoms with Crippen LogP contribution < -0.4 is 31.3 Å². The fourth-order valence-electron chi connectivity index (χ4n) is 5.71. The van der Waals surface area contributed by atoms with E-state index in [0.29, 0.717) is 46.3 Å². The van der Waals surface area contributed by atoms with E-state index >= 15 is 0 Å². The van der Waals surface area contributed by atoms with Gasteiger partial charge in [0, 0.05) is 40.3 Å². The number of aromatic nitrogens is 5. The van der Waals surface area contributed by atoms with Crippen molar-refractivity contribution in [1.29, 1.82) is 0 Å². The lowest BCUT2D eigenvalue weighted by Gasteiger charge is -2.19. The molecule has 1 fully saturated rings. The Kier molecular flexibility index (Phi) is 12.8. The molecule has 2 heterocycles. The van der Waals surface area contributed by atoms with Gasteiger partial charge in [0.25, 0.3) is 5.91 Å². The highest BCUT2D eigenvalue weighted by Crippen LogP contribution is 2.48. The van der Waals surface area contributed by atoms with Crippen molar-refractivity contribution in [3.05, 3.63) is 107 Å². The second-order valence-electron chi connectivity index (χ2n) is 13.2. The number of carbonyl (C=O) groups excluding carboxylic acids is 4. The van der Waals surface area contributed by atoms with Gasteiger partial charge in [-0.05, 0) is 86.3 Å². The van der Waals surface area contributed by atoms with E-state index in [1.165, 1.54) is 24.3 Å². The lowest BCUT2D eigenvalue weighted by Crippen LogP contribution is -2.44. The molecule has 5 aromatic rings. The molecule has 3 amide bonds. The zero-order valence-corrected chi connectivity index (χ0v) is 32.1. The molecule has 59 heavy (non-hydrogen) atoms. The maximum absolute atomic E-state index is 13.2. The zero-order chi connectivity index (χ0) is 42.2. The van der Waals surface area contributed by atoms with Crippen molar-refractivity contribution < 1.29 is 41.8 Å². The molecule has 16 nitrogen and oxygen atoms in total. The summed E-state index contributed by atoms with van der Waals surface area (Å²) in [5.74, 6) is -2.99. The third kappa shape index (κ3) is 11.6. The van der Waals surface area contributed by atoms with Gasteiger partial charge in [-0.25, -0.2) is 14.8 Å². The number of methoxy groups -OCH3 is 1. The predicted molar refractivity (Wildman–Crippen MR) is 209 cm³/mol. The monoisotopic (exact) mass is 832 g/mol. The lowest BCUT2D eigenvalue weighted by molar-refractivity contribution is -0.154. The van der Waals surface area contributed by atoms with Gasteiger partial charge in [0.2, 0.25) is 11.9 Å². The minimum atomic E-state index is -4.64. The molecule has 0 spiro atoms. The first-order valence-corrected chi connectivity index (χ1v) is 18.3. The molecule has 1 aliphatic rings. The summed E-state index contributed by atoms with van der Waals surface area (Å²) in [6.07, 6.45) is -1.74. The highest BCUT2D eigenvalue weighted by atomic mass is 35.5. The Labute approximate surface area is 339 Å². The van der Waals surface area contributed by atoms with Crippen molar-refractivity contribution in [2.45, 2.75) is 43.9 Å². The van der Waals surface area contributed by atoms with E-state index in [0.717, 1.165) is 12.7 Å². The summed E-state index contributed by atoms with van der Waals surface area (Å²) >= 11 is 6.04. The SMILES string of the molecule is COC(=O)[C@@H](CCNC(=O)C(=O)Nc1cccc(-c2ccnc(C)n2)c1)NC(=O)c1ccc(Nc2nc(NC3(c4ccc(Cl)cc4)CC3)nc(OCC(F)(F)F)n2)cc1. The molecule has 0 bridgehead atoms. The Bertz CT molecular complexity index is 2330. The largest absolute Gasteiger partial charge is 0.467 e. The van der Waals surface area contributed by atoms with E-state index in [-0.39, 0.29) is 30.4 Å². The number of hydrogen-bond acceptors (Lipinski definition) is 13. The molecule has 2 aromatic heterocycles. The van der Waals surface area contributed by atoms with Gasteiger partial charge in [0.15, 0.2) is 6.61 Å². The fraction of sp³-hybridized carbons (Fsp3) is 0.256. The van der Waals surface area contributed by atoms with Crippen LogP contribution in [-0.2, 0) is 24.7 Å². The Morgan fingerprint density at radius 3 is 2.29 bits per heavy atom. The number of esters is 1. The van der Waals surface area contributed by atoms with Crippen molar-refractivity contribution in [3.63, 3.8) is 0 Å². The van der Waals surface area contributed by atoms with Gasteiger partial charge in [0.1, 0.15) is 11.9 Å². The van der Waals surface area contributed by atoms with E-state index in [4.69, 9.17) is 21.1 Å². The lowest BCUT2D eigenvalue weighted by atomic mass is 10.1. The summed E-state index contributed by atoms with van der Waals surface area (Å²) in [6, 6.07) is 19.6. The number of aryl methyl sites for hydroxylation is 1. The van der Waals surface area contributed by atoms with Crippen LogP contribution in [0.25, 0.3) is 11.3 Å². The van der Waals surface area contributed by atoms with Gasteiger partial charge in [-0.2, -0.15) is 28.1 Å². The van der Waals surface area contributed by atoms with Crippen LogP contribution in [0.5, 0.6) is 6.01 Å².